The van der Waals surface area contributed by atoms with E-state index in [2.05, 4.69) is 91.6 Å². The monoisotopic (exact) mass is 515 g/mol. The summed E-state index contributed by atoms with van der Waals surface area (Å²) in [7, 11) is 0. The molecule has 1 aliphatic heterocycles. The molecule has 4 aromatic rings. The third kappa shape index (κ3) is 5.83. The lowest BCUT2D eigenvalue weighted by molar-refractivity contribution is 0.174. The van der Waals surface area contributed by atoms with Gasteiger partial charge in [0.2, 0.25) is 11.7 Å². The summed E-state index contributed by atoms with van der Waals surface area (Å²) < 4.78 is 6.62. The summed E-state index contributed by atoms with van der Waals surface area (Å²) in [6, 6.07) is 29.9. The van der Waals surface area contributed by atoms with Crippen molar-refractivity contribution in [3.05, 3.63) is 106 Å². The summed E-state index contributed by atoms with van der Waals surface area (Å²) in [6.07, 6.45) is 4.36. The van der Waals surface area contributed by atoms with Crippen LogP contribution in [0.5, 0.6) is 0 Å². The highest BCUT2D eigenvalue weighted by Crippen LogP contribution is 2.29. The van der Waals surface area contributed by atoms with E-state index in [1.165, 1.54) is 24.0 Å². The molecular formula is C29H30BrN3O. The van der Waals surface area contributed by atoms with Gasteiger partial charge >= 0.3 is 0 Å². The highest BCUT2D eigenvalue weighted by Gasteiger charge is 2.23. The van der Waals surface area contributed by atoms with Crippen molar-refractivity contribution >= 4 is 15.9 Å². The minimum absolute atomic E-state index is 0.440. The van der Waals surface area contributed by atoms with Gasteiger partial charge < -0.3 is 9.42 Å². The van der Waals surface area contributed by atoms with Gasteiger partial charge in [-0.2, -0.15) is 4.98 Å². The van der Waals surface area contributed by atoms with E-state index in [1.807, 2.05) is 24.3 Å². The topological polar surface area (TPSA) is 42.2 Å². The SMILES string of the molecule is Brc1ccc(-c2noc(CC3CCN(CCC(c4ccccc4)c4ccccc4)CC3)n2)cc1. The number of benzene rings is 3. The van der Waals surface area contributed by atoms with E-state index < -0.39 is 0 Å². The van der Waals surface area contributed by atoms with E-state index in [9.17, 15) is 0 Å². The summed E-state index contributed by atoms with van der Waals surface area (Å²) in [5.74, 6) is 2.47. The van der Waals surface area contributed by atoms with E-state index in [0.717, 1.165) is 48.4 Å². The van der Waals surface area contributed by atoms with Crippen molar-refractivity contribution in [3.63, 3.8) is 0 Å². The standard InChI is InChI=1S/C29H30BrN3O/c30-26-13-11-25(12-14-26)29-31-28(34-32-29)21-22-15-18-33(19-16-22)20-17-27(23-7-3-1-4-8-23)24-9-5-2-6-10-24/h1-14,22,27H,15-21H2. The van der Waals surface area contributed by atoms with Gasteiger partial charge in [-0.15, -0.1) is 0 Å². The first-order valence-electron chi connectivity index (χ1n) is 12.2. The Morgan fingerprint density at radius 3 is 2.09 bits per heavy atom. The van der Waals surface area contributed by atoms with Crippen molar-refractivity contribution in [1.82, 2.24) is 15.0 Å². The molecule has 2 heterocycles. The normalized spacial score (nSPS) is 15.1. The number of hydrogen-bond acceptors (Lipinski definition) is 4. The van der Waals surface area contributed by atoms with Crippen LogP contribution in [0.15, 0.2) is 93.9 Å². The highest BCUT2D eigenvalue weighted by molar-refractivity contribution is 9.10. The molecule has 0 unspecified atom stereocenters. The Labute approximate surface area is 210 Å². The highest BCUT2D eigenvalue weighted by atomic mass is 79.9. The second kappa shape index (κ2) is 11.1. The minimum atomic E-state index is 0.440. The summed E-state index contributed by atoms with van der Waals surface area (Å²) in [4.78, 5) is 7.26. The number of aromatic nitrogens is 2. The maximum absolute atomic E-state index is 5.57. The van der Waals surface area contributed by atoms with Crippen molar-refractivity contribution < 1.29 is 4.52 Å². The molecule has 5 heteroatoms. The molecule has 1 fully saturated rings. The Morgan fingerprint density at radius 2 is 1.47 bits per heavy atom. The smallest absolute Gasteiger partial charge is 0.227 e. The summed E-state index contributed by atoms with van der Waals surface area (Å²) in [5.41, 5.74) is 3.79. The van der Waals surface area contributed by atoms with Crippen LogP contribution in [0.25, 0.3) is 11.4 Å². The molecule has 34 heavy (non-hydrogen) atoms. The van der Waals surface area contributed by atoms with Gasteiger partial charge in [0, 0.05) is 22.4 Å². The number of rotatable bonds is 8. The van der Waals surface area contributed by atoms with E-state index >= 15 is 0 Å². The lowest BCUT2D eigenvalue weighted by Gasteiger charge is -2.32. The Hall–Kier alpha value is -2.76. The fraction of sp³-hybridized carbons (Fsp3) is 0.310. The molecule has 0 bridgehead atoms. The lowest BCUT2D eigenvalue weighted by atomic mass is 9.87. The summed E-state index contributed by atoms with van der Waals surface area (Å²) in [5, 5.41) is 4.19. The molecule has 0 amide bonds. The zero-order valence-electron chi connectivity index (χ0n) is 19.3. The van der Waals surface area contributed by atoms with Crippen molar-refractivity contribution in [2.24, 2.45) is 5.92 Å². The molecule has 1 aromatic heterocycles. The fourth-order valence-corrected chi connectivity index (χ4v) is 5.19. The second-order valence-corrected chi connectivity index (χ2v) is 10.1. The Morgan fingerprint density at radius 1 is 0.853 bits per heavy atom. The number of nitrogens with zero attached hydrogens (tertiary/aromatic N) is 3. The maximum Gasteiger partial charge on any atom is 0.227 e. The molecule has 0 spiro atoms. The van der Waals surface area contributed by atoms with E-state index in [0.29, 0.717) is 17.7 Å². The molecular weight excluding hydrogens is 486 g/mol. The third-order valence-corrected chi connectivity index (χ3v) is 7.41. The van der Waals surface area contributed by atoms with Gasteiger partial charge in [0.25, 0.3) is 0 Å². The van der Waals surface area contributed by atoms with Crippen molar-refractivity contribution in [1.29, 1.82) is 0 Å². The first-order valence-corrected chi connectivity index (χ1v) is 12.9. The molecule has 174 valence electrons. The summed E-state index contributed by atoms with van der Waals surface area (Å²) >= 11 is 3.47. The predicted octanol–water partition coefficient (Wildman–Crippen LogP) is 6.98. The van der Waals surface area contributed by atoms with Crippen LogP contribution in [0.1, 0.15) is 42.2 Å². The van der Waals surface area contributed by atoms with Crippen LogP contribution < -0.4 is 0 Å². The molecule has 4 nitrogen and oxygen atoms in total. The van der Waals surface area contributed by atoms with Crippen LogP contribution >= 0.6 is 15.9 Å². The van der Waals surface area contributed by atoms with Gasteiger partial charge in [-0.05, 0) is 80.2 Å². The molecule has 1 saturated heterocycles. The Kier molecular flexibility index (Phi) is 7.52. The summed E-state index contributed by atoms with van der Waals surface area (Å²) in [6.45, 7) is 3.39. The van der Waals surface area contributed by atoms with Gasteiger partial charge in [0.05, 0.1) is 0 Å². The van der Waals surface area contributed by atoms with Gasteiger partial charge in [-0.1, -0.05) is 81.8 Å². The van der Waals surface area contributed by atoms with Gasteiger partial charge in [-0.25, -0.2) is 0 Å². The van der Waals surface area contributed by atoms with Gasteiger partial charge in [0.1, 0.15) is 0 Å². The van der Waals surface area contributed by atoms with Crippen LogP contribution in [-0.4, -0.2) is 34.7 Å². The molecule has 5 rings (SSSR count). The fourth-order valence-electron chi connectivity index (χ4n) is 4.92. The number of likely N-dealkylation sites (tertiary alicyclic amines) is 1. The number of hydrogen-bond donors (Lipinski definition) is 0. The van der Waals surface area contributed by atoms with Crippen molar-refractivity contribution in [2.75, 3.05) is 19.6 Å². The first kappa shape index (κ1) is 23.0. The Balaban J connectivity index is 1.14. The van der Waals surface area contributed by atoms with Crippen LogP contribution in [0.3, 0.4) is 0 Å². The van der Waals surface area contributed by atoms with Crippen molar-refractivity contribution in [3.8, 4) is 11.4 Å². The van der Waals surface area contributed by atoms with E-state index in [1.54, 1.807) is 0 Å². The molecule has 0 aliphatic carbocycles. The zero-order chi connectivity index (χ0) is 23.2. The zero-order valence-corrected chi connectivity index (χ0v) is 20.9. The number of piperidine rings is 1. The van der Waals surface area contributed by atoms with Crippen LogP contribution in [0.4, 0.5) is 0 Å². The lowest BCUT2D eigenvalue weighted by Crippen LogP contribution is -2.35. The molecule has 0 saturated carbocycles. The largest absolute Gasteiger partial charge is 0.339 e. The minimum Gasteiger partial charge on any atom is -0.339 e. The molecule has 0 radical (unpaired) electrons. The van der Waals surface area contributed by atoms with E-state index in [4.69, 9.17) is 4.52 Å². The quantitative estimate of drug-likeness (QED) is 0.254. The van der Waals surface area contributed by atoms with Crippen LogP contribution in [0, 0.1) is 5.92 Å². The van der Waals surface area contributed by atoms with Crippen LogP contribution in [-0.2, 0) is 6.42 Å². The molecule has 0 atom stereocenters. The van der Waals surface area contributed by atoms with Gasteiger partial charge in [0.15, 0.2) is 0 Å². The maximum atomic E-state index is 5.57. The van der Waals surface area contributed by atoms with Crippen LogP contribution in [0.2, 0.25) is 0 Å². The molecule has 0 N–H and O–H groups in total. The average Bonchev–Trinajstić information content (AvgIpc) is 3.35. The average molecular weight is 516 g/mol. The predicted molar refractivity (Wildman–Crippen MR) is 140 cm³/mol. The first-order chi connectivity index (χ1) is 16.7. The molecule has 1 aliphatic rings. The molecule has 3 aromatic carbocycles. The van der Waals surface area contributed by atoms with E-state index in [-0.39, 0.29) is 0 Å². The van der Waals surface area contributed by atoms with Crippen molar-refractivity contribution in [2.45, 2.75) is 31.6 Å². The Bertz CT molecular complexity index is 1110. The van der Waals surface area contributed by atoms with Gasteiger partial charge in [-0.3, -0.25) is 0 Å². The second-order valence-electron chi connectivity index (χ2n) is 9.17. The number of halogens is 1. The third-order valence-electron chi connectivity index (χ3n) is 6.88.